The van der Waals surface area contributed by atoms with Crippen molar-refractivity contribution >= 4 is 6.16 Å². The fourth-order valence-electron chi connectivity index (χ4n) is 0. The van der Waals surface area contributed by atoms with Crippen LogP contribution in [0.15, 0.2) is 25.3 Å². The van der Waals surface area contributed by atoms with Gasteiger partial charge in [0.2, 0.25) is 0 Å². The van der Waals surface area contributed by atoms with Gasteiger partial charge in [0.1, 0.15) is 0 Å². The maximum atomic E-state index is 8.33. The van der Waals surface area contributed by atoms with E-state index in [1.807, 2.05) is 13.8 Å². The Morgan fingerprint density at radius 2 is 1.20 bits per heavy atom. The zero-order valence-electron chi connectivity index (χ0n) is 6.29. The fraction of sp³-hybridized carbons (Fsp3) is 0.286. The Balaban J connectivity index is -0.0000000750. The summed E-state index contributed by atoms with van der Waals surface area (Å²) >= 11 is 0. The Bertz CT molecular complexity index is 76.9. The Kier molecular flexibility index (Phi) is 39.9. The maximum absolute atomic E-state index is 8.33. The highest BCUT2D eigenvalue weighted by molar-refractivity contribution is 5.47. The Labute approximate surface area is 61.3 Å². The van der Waals surface area contributed by atoms with Crippen LogP contribution in [0, 0.1) is 0 Å². The highest BCUT2D eigenvalue weighted by Gasteiger charge is 1.26. The van der Waals surface area contributed by atoms with Gasteiger partial charge in [0.25, 0.3) is 0 Å². The quantitative estimate of drug-likeness (QED) is 0.447. The van der Waals surface area contributed by atoms with E-state index in [1.165, 1.54) is 0 Å². The van der Waals surface area contributed by atoms with Gasteiger partial charge in [0.15, 0.2) is 0 Å². The van der Waals surface area contributed by atoms with E-state index in [2.05, 4.69) is 13.2 Å². The van der Waals surface area contributed by atoms with Crippen LogP contribution in [0.1, 0.15) is 13.8 Å². The van der Waals surface area contributed by atoms with Gasteiger partial charge in [-0.1, -0.05) is 12.2 Å². The highest BCUT2D eigenvalue weighted by atomic mass is 16.6. The molecule has 10 heavy (non-hydrogen) atoms. The molecule has 0 aliphatic carbocycles. The van der Waals surface area contributed by atoms with Crippen molar-refractivity contribution < 1.29 is 15.0 Å². The summed E-state index contributed by atoms with van der Waals surface area (Å²) in [4.78, 5) is 8.33. The zero-order valence-corrected chi connectivity index (χ0v) is 6.29. The molecular formula is C7H12O3-2. The molecule has 0 radical (unpaired) electrons. The van der Waals surface area contributed by atoms with Crippen molar-refractivity contribution in [3.8, 4) is 0 Å². The van der Waals surface area contributed by atoms with Crippen molar-refractivity contribution in [1.29, 1.82) is 0 Å². The first-order chi connectivity index (χ1) is 4.56. The van der Waals surface area contributed by atoms with Crippen molar-refractivity contribution in [2.24, 2.45) is 0 Å². The van der Waals surface area contributed by atoms with Crippen molar-refractivity contribution in [3.05, 3.63) is 25.3 Å². The van der Waals surface area contributed by atoms with Crippen molar-refractivity contribution in [2.45, 2.75) is 13.8 Å². The number of carbonyl (C=O) groups is 1. The van der Waals surface area contributed by atoms with Gasteiger partial charge in [-0.15, -0.1) is 13.2 Å². The largest absolute Gasteiger partial charge is 0.652 e. The molecule has 0 atom stereocenters. The lowest BCUT2D eigenvalue weighted by molar-refractivity contribution is -0.415. The average Bonchev–Trinajstić information content (AvgIpc) is 1.65. The average molecular weight is 144 g/mol. The lowest BCUT2D eigenvalue weighted by Gasteiger charge is -1.96. The monoisotopic (exact) mass is 144 g/mol. The van der Waals surface area contributed by atoms with E-state index in [0.717, 1.165) is 0 Å². The number of carboxylic acid groups (broad SMARTS) is 2. The van der Waals surface area contributed by atoms with Gasteiger partial charge < -0.3 is 15.0 Å². The molecule has 0 aliphatic rings. The first-order valence-corrected chi connectivity index (χ1v) is 2.58. The Morgan fingerprint density at radius 3 is 1.20 bits per heavy atom. The molecule has 0 spiro atoms. The summed E-state index contributed by atoms with van der Waals surface area (Å²) in [5.74, 6) is 0. The maximum Gasteiger partial charge on any atom is -0.0431 e. The van der Waals surface area contributed by atoms with Gasteiger partial charge in [-0.2, -0.15) is 0 Å². The molecule has 0 rings (SSSR count). The molecule has 3 nitrogen and oxygen atoms in total. The molecular weight excluding hydrogens is 132 g/mol. The molecule has 60 valence electrons. The van der Waals surface area contributed by atoms with Gasteiger partial charge in [-0.3, -0.25) is 0 Å². The molecule has 0 N–H and O–H groups in total. The SMILES string of the molecule is C=CC.C=CC.O=C([O-])[O-]. The van der Waals surface area contributed by atoms with Crippen LogP contribution in [-0.2, 0) is 0 Å². The second-order valence-electron chi connectivity index (χ2n) is 1.07. The standard InChI is InChI=1S/2C3H6.CH2O3/c2*1-3-2;2-1(3)4/h2*3H,1H2,2H3;(H2,2,3,4)/p-2. The fourth-order valence-corrected chi connectivity index (χ4v) is 0. The minimum absolute atomic E-state index is 1.75. The zero-order chi connectivity index (χ0) is 8.99. The third kappa shape index (κ3) is 143. The molecule has 0 heterocycles. The van der Waals surface area contributed by atoms with Crippen LogP contribution in [0.4, 0.5) is 4.79 Å². The lowest BCUT2D eigenvalue weighted by atomic mass is 10.8. The minimum Gasteiger partial charge on any atom is -0.652 e. The second kappa shape index (κ2) is 25.1. The molecule has 0 bridgehead atoms. The van der Waals surface area contributed by atoms with Gasteiger partial charge in [0.05, 0.1) is 0 Å². The lowest BCUT2D eigenvalue weighted by Crippen LogP contribution is -2.37. The molecule has 0 aromatic carbocycles. The van der Waals surface area contributed by atoms with Gasteiger partial charge in [0, 0.05) is 0 Å². The number of hydrogen-bond donors (Lipinski definition) is 0. The van der Waals surface area contributed by atoms with Gasteiger partial charge in [-0.25, -0.2) is 0 Å². The third-order valence-corrected chi connectivity index (χ3v) is 0. The summed E-state index contributed by atoms with van der Waals surface area (Å²) in [7, 11) is 0. The number of hydrogen-bond acceptors (Lipinski definition) is 3. The predicted molar refractivity (Wildman–Crippen MR) is 37.1 cm³/mol. The van der Waals surface area contributed by atoms with Crippen LogP contribution in [0.25, 0.3) is 0 Å². The molecule has 0 saturated heterocycles. The van der Waals surface area contributed by atoms with Gasteiger partial charge in [-0.05, 0) is 20.0 Å². The molecule has 0 saturated carbocycles. The Hall–Kier alpha value is -1.25. The number of allylic oxidation sites excluding steroid dienone is 2. The van der Waals surface area contributed by atoms with Crippen LogP contribution < -0.4 is 10.2 Å². The molecule has 0 fully saturated rings. The van der Waals surface area contributed by atoms with E-state index in [9.17, 15) is 0 Å². The molecule has 0 aliphatic heterocycles. The molecule has 0 aromatic heterocycles. The second-order valence-corrected chi connectivity index (χ2v) is 1.07. The number of rotatable bonds is 0. The summed E-state index contributed by atoms with van der Waals surface area (Å²) in [5, 5.41) is 16.7. The molecule has 0 amide bonds. The first kappa shape index (κ1) is 15.9. The summed E-state index contributed by atoms with van der Waals surface area (Å²) in [6.07, 6.45) is 1.17. The minimum atomic E-state index is -2.33. The van der Waals surface area contributed by atoms with Crippen molar-refractivity contribution in [2.75, 3.05) is 0 Å². The predicted octanol–water partition coefficient (Wildman–Crippen LogP) is -0.0624. The molecule has 0 unspecified atom stereocenters. The van der Waals surface area contributed by atoms with E-state index >= 15 is 0 Å². The summed E-state index contributed by atoms with van der Waals surface area (Å²) < 4.78 is 0. The molecule has 0 aromatic rings. The van der Waals surface area contributed by atoms with Crippen molar-refractivity contribution in [1.82, 2.24) is 0 Å². The van der Waals surface area contributed by atoms with Crippen LogP contribution in [0.3, 0.4) is 0 Å². The summed E-state index contributed by atoms with van der Waals surface area (Å²) in [6, 6.07) is 0. The summed E-state index contributed by atoms with van der Waals surface area (Å²) in [5.41, 5.74) is 0. The van der Waals surface area contributed by atoms with Crippen LogP contribution in [0.5, 0.6) is 0 Å². The number of carbonyl (C=O) groups excluding carboxylic acids is 1. The summed E-state index contributed by atoms with van der Waals surface area (Å²) in [6.45, 7) is 10.5. The van der Waals surface area contributed by atoms with Crippen molar-refractivity contribution in [3.63, 3.8) is 0 Å². The topological polar surface area (TPSA) is 63.2 Å². The first-order valence-electron chi connectivity index (χ1n) is 2.58. The van der Waals surface area contributed by atoms with Gasteiger partial charge >= 0.3 is 0 Å². The smallest absolute Gasteiger partial charge is 0.0431 e. The normalized spacial score (nSPS) is 5.00. The molecule has 3 heteroatoms. The van der Waals surface area contributed by atoms with E-state index in [-0.39, 0.29) is 0 Å². The van der Waals surface area contributed by atoms with Crippen LogP contribution in [0.2, 0.25) is 0 Å². The van der Waals surface area contributed by atoms with E-state index < -0.39 is 6.16 Å². The van der Waals surface area contributed by atoms with Crippen LogP contribution >= 0.6 is 0 Å². The highest BCUT2D eigenvalue weighted by Crippen LogP contribution is 1.38. The van der Waals surface area contributed by atoms with E-state index in [0.29, 0.717) is 0 Å². The van der Waals surface area contributed by atoms with E-state index in [1.54, 1.807) is 12.2 Å². The Morgan fingerprint density at radius 1 is 1.20 bits per heavy atom. The van der Waals surface area contributed by atoms with Crippen LogP contribution in [-0.4, -0.2) is 6.16 Å². The third-order valence-electron chi connectivity index (χ3n) is 0. The van der Waals surface area contributed by atoms with E-state index in [4.69, 9.17) is 15.0 Å².